The molecular weight excluding hydrogens is 230 g/mol. The fraction of sp³-hybridized carbons (Fsp3) is 0.692. The van der Waals surface area contributed by atoms with Crippen LogP contribution in [0.5, 0.6) is 5.75 Å². The van der Waals surface area contributed by atoms with Gasteiger partial charge < -0.3 is 15.2 Å². The first-order valence-corrected chi connectivity index (χ1v) is 6.35. The maximum atomic E-state index is 9.65. The molecule has 0 saturated carbocycles. The van der Waals surface area contributed by atoms with E-state index in [2.05, 4.69) is 22.2 Å². The summed E-state index contributed by atoms with van der Waals surface area (Å²) >= 11 is 0. The molecule has 0 bridgehead atoms. The van der Waals surface area contributed by atoms with Crippen molar-refractivity contribution < 1.29 is 9.84 Å². The molecule has 1 heterocycles. The molecule has 0 spiro atoms. The third-order valence-electron chi connectivity index (χ3n) is 2.28. The summed E-state index contributed by atoms with van der Waals surface area (Å²) in [6, 6.07) is 0. The summed E-state index contributed by atoms with van der Waals surface area (Å²) in [6.45, 7) is 8.44. The average molecular weight is 253 g/mol. The first-order chi connectivity index (χ1) is 8.42. The topological polar surface area (TPSA) is 67.3 Å². The van der Waals surface area contributed by atoms with Gasteiger partial charge in [-0.15, -0.1) is 0 Å². The van der Waals surface area contributed by atoms with Crippen LogP contribution in [-0.2, 0) is 0 Å². The normalized spacial score (nSPS) is 11.4. The first kappa shape index (κ1) is 14.7. The van der Waals surface area contributed by atoms with E-state index in [9.17, 15) is 5.11 Å². The van der Waals surface area contributed by atoms with Crippen molar-refractivity contribution in [2.75, 3.05) is 18.5 Å². The van der Waals surface area contributed by atoms with Crippen molar-refractivity contribution in [3.05, 3.63) is 12.0 Å². The minimum atomic E-state index is -0.869. The monoisotopic (exact) mass is 253 g/mol. The molecule has 0 unspecified atom stereocenters. The quantitative estimate of drug-likeness (QED) is 0.729. The molecule has 0 atom stereocenters. The SMILES string of the molecule is CCCCNc1nc(C)ncc1OCC(C)(C)O. The third-order valence-corrected chi connectivity index (χ3v) is 2.28. The maximum absolute atomic E-state index is 9.65. The summed E-state index contributed by atoms with van der Waals surface area (Å²) in [5.41, 5.74) is -0.869. The maximum Gasteiger partial charge on any atom is 0.180 e. The molecule has 0 fully saturated rings. The van der Waals surface area contributed by atoms with Gasteiger partial charge in [-0.1, -0.05) is 13.3 Å². The zero-order valence-corrected chi connectivity index (χ0v) is 11.7. The van der Waals surface area contributed by atoms with E-state index in [1.807, 2.05) is 6.92 Å². The van der Waals surface area contributed by atoms with E-state index in [1.165, 1.54) is 0 Å². The van der Waals surface area contributed by atoms with E-state index in [-0.39, 0.29) is 6.61 Å². The van der Waals surface area contributed by atoms with E-state index in [0.717, 1.165) is 19.4 Å². The lowest BCUT2D eigenvalue weighted by molar-refractivity contribution is 0.0285. The molecule has 102 valence electrons. The molecule has 1 aromatic rings. The molecule has 0 saturated heterocycles. The van der Waals surface area contributed by atoms with Crippen LogP contribution in [0, 0.1) is 6.92 Å². The number of nitrogens with zero attached hydrogens (tertiary/aromatic N) is 2. The molecule has 0 aromatic carbocycles. The summed E-state index contributed by atoms with van der Waals surface area (Å²) in [6.07, 6.45) is 3.84. The van der Waals surface area contributed by atoms with Crippen LogP contribution in [0.2, 0.25) is 0 Å². The summed E-state index contributed by atoms with van der Waals surface area (Å²) in [5.74, 6) is 1.98. The predicted molar refractivity (Wildman–Crippen MR) is 72.0 cm³/mol. The number of nitrogens with one attached hydrogen (secondary N) is 1. The highest BCUT2D eigenvalue weighted by Gasteiger charge is 2.15. The second-order valence-corrected chi connectivity index (χ2v) is 5.01. The van der Waals surface area contributed by atoms with Crippen molar-refractivity contribution in [1.29, 1.82) is 0 Å². The number of anilines is 1. The molecule has 5 heteroatoms. The van der Waals surface area contributed by atoms with Crippen molar-refractivity contribution in [1.82, 2.24) is 9.97 Å². The highest BCUT2D eigenvalue weighted by molar-refractivity contribution is 5.48. The van der Waals surface area contributed by atoms with Gasteiger partial charge in [-0.05, 0) is 27.2 Å². The average Bonchev–Trinajstić information content (AvgIpc) is 2.27. The van der Waals surface area contributed by atoms with Crippen molar-refractivity contribution in [3.63, 3.8) is 0 Å². The minimum Gasteiger partial charge on any atom is -0.485 e. The van der Waals surface area contributed by atoms with E-state index < -0.39 is 5.60 Å². The van der Waals surface area contributed by atoms with Crippen LogP contribution in [-0.4, -0.2) is 33.8 Å². The van der Waals surface area contributed by atoms with Crippen molar-refractivity contribution in [2.24, 2.45) is 0 Å². The Kier molecular flexibility index (Phi) is 5.34. The van der Waals surface area contributed by atoms with Crippen LogP contribution in [0.25, 0.3) is 0 Å². The van der Waals surface area contributed by atoms with Crippen LogP contribution >= 0.6 is 0 Å². The Balaban J connectivity index is 2.70. The lowest BCUT2D eigenvalue weighted by Crippen LogP contribution is -2.28. The Bertz CT molecular complexity index is 375. The van der Waals surface area contributed by atoms with Gasteiger partial charge in [0, 0.05) is 6.54 Å². The van der Waals surface area contributed by atoms with Gasteiger partial charge in [-0.25, -0.2) is 9.97 Å². The standard InChI is InChI=1S/C13H23N3O2/c1-5-6-7-14-12-11(8-15-10(2)16-12)18-9-13(3,4)17/h8,17H,5-7,9H2,1-4H3,(H,14,15,16). The Labute approximate surface area is 109 Å². The van der Waals surface area contributed by atoms with Gasteiger partial charge in [0.15, 0.2) is 11.6 Å². The molecule has 5 nitrogen and oxygen atoms in total. The van der Waals surface area contributed by atoms with Crippen LogP contribution in [0.3, 0.4) is 0 Å². The van der Waals surface area contributed by atoms with Crippen LogP contribution < -0.4 is 10.1 Å². The fourth-order valence-corrected chi connectivity index (χ4v) is 1.33. The zero-order valence-electron chi connectivity index (χ0n) is 11.7. The van der Waals surface area contributed by atoms with Crippen LogP contribution in [0.15, 0.2) is 6.20 Å². The number of aromatic nitrogens is 2. The lowest BCUT2D eigenvalue weighted by atomic mass is 10.2. The Morgan fingerprint density at radius 3 is 2.78 bits per heavy atom. The molecule has 0 aliphatic carbocycles. The Morgan fingerprint density at radius 1 is 1.44 bits per heavy atom. The van der Waals surface area contributed by atoms with Gasteiger partial charge in [0.2, 0.25) is 0 Å². The second-order valence-electron chi connectivity index (χ2n) is 5.01. The van der Waals surface area contributed by atoms with Crippen molar-refractivity contribution in [2.45, 2.75) is 46.1 Å². The van der Waals surface area contributed by atoms with Gasteiger partial charge in [-0.3, -0.25) is 0 Å². The summed E-state index contributed by atoms with van der Waals surface area (Å²) < 4.78 is 5.55. The van der Waals surface area contributed by atoms with Crippen LogP contribution in [0.4, 0.5) is 5.82 Å². The highest BCUT2D eigenvalue weighted by Crippen LogP contribution is 2.22. The molecule has 0 amide bonds. The summed E-state index contributed by atoms with van der Waals surface area (Å²) in [5, 5.41) is 12.9. The minimum absolute atomic E-state index is 0.210. The summed E-state index contributed by atoms with van der Waals surface area (Å²) in [4.78, 5) is 8.43. The third kappa shape index (κ3) is 5.31. The molecule has 1 aromatic heterocycles. The first-order valence-electron chi connectivity index (χ1n) is 6.35. The predicted octanol–water partition coefficient (Wildman–Crippen LogP) is 2.15. The number of aliphatic hydroxyl groups is 1. The van der Waals surface area contributed by atoms with Crippen LogP contribution in [0.1, 0.15) is 39.4 Å². The molecule has 0 radical (unpaired) electrons. The number of ether oxygens (including phenoxy) is 1. The number of hydrogen-bond donors (Lipinski definition) is 2. The van der Waals surface area contributed by atoms with Gasteiger partial charge in [0.05, 0.1) is 11.8 Å². The van der Waals surface area contributed by atoms with E-state index in [0.29, 0.717) is 17.4 Å². The van der Waals surface area contributed by atoms with Gasteiger partial charge in [-0.2, -0.15) is 0 Å². The molecule has 2 N–H and O–H groups in total. The molecule has 0 aliphatic heterocycles. The van der Waals surface area contributed by atoms with E-state index in [1.54, 1.807) is 20.0 Å². The molecule has 1 rings (SSSR count). The van der Waals surface area contributed by atoms with Gasteiger partial charge in [0.1, 0.15) is 12.4 Å². The fourth-order valence-electron chi connectivity index (χ4n) is 1.33. The number of hydrogen-bond acceptors (Lipinski definition) is 5. The molecular formula is C13H23N3O2. The van der Waals surface area contributed by atoms with Gasteiger partial charge in [0.25, 0.3) is 0 Å². The highest BCUT2D eigenvalue weighted by atomic mass is 16.5. The second kappa shape index (κ2) is 6.54. The number of aryl methyl sites for hydroxylation is 1. The smallest absolute Gasteiger partial charge is 0.180 e. The zero-order chi connectivity index (χ0) is 13.6. The Hall–Kier alpha value is -1.36. The lowest BCUT2D eigenvalue weighted by Gasteiger charge is -2.19. The number of unbranched alkanes of at least 4 members (excludes halogenated alkanes) is 1. The van der Waals surface area contributed by atoms with E-state index >= 15 is 0 Å². The largest absolute Gasteiger partial charge is 0.485 e. The van der Waals surface area contributed by atoms with E-state index in [4.69, 9.17) is 4.74 Å². The van der Waals surface area contributed by atoms with Crippen molar-refractivity contribution in [3.8, 4) is 5.75 Å². The van der Waals surface area contributed by atoms with Crippen molar-refractivity contribution >= 4 is 5.82 Å². The number of rotatable bonds is 7. The molecule has 18 heavy (non-hydrogen) atoms. The van der Waals surface area contributed by atoms with Gasteiger partial charge >= 0.3 is 0 Å². The Morgan fingerprint density at radius 2 is 2.17 bits per heavy atom. The summed E-state index contributed by atoms with van der Waals surface area (Å²) in [7, 11) is 0. The molecule has 0 aliphatic rings.